The summed E-state index contributed by atoms with van der Waals surface area (Å²) in [5.41, 5.74) is 6.31. The smallest absolute Gasteiger partial charge is 0.146 e. The fourth-order valence-corrected chi connectivity index (χ4v) is 1.31. The van der Waals surface area contributed by atoms with Crippen molar-refractivity contribution in [1.82, 2.24) is 4.98 Å². The monoisotopic (exact) mass is 196 g/mol. The third-order valence-corrected chi connectivity index (χ3v) is 2.72. The van der Waals surface area contributed by atoms with Crippen molar-refractivity contribution >= 4 is 0 Å². The van der Waals surface area contributed by atoms with E-state index in [4.69, 9.17) is 5.73 Å². The van der Waals surface area contributed by atoms with E-state index in [0.29, 0.717) is 11.6 Å². The number of aromatic nitrogens is 1. The van der Waals surface area contributed by atoms with Crippen LogP contribution < -0.4 is 5.73 Å². The molecule has 1 rings (SSSR count). The van der Waals surface area contributed by atoms with Crippen LogP contribution in [0.3, 0.4) is 0 Å². The highest BCUT2D eigenvalue weighted by atomic mass is 19.1. The van der Waals surface area contributed by atoms with Gasteiger partial charge in [0, 0.05) is 6.20 Å². The van der Waals surface area contributed by atoms with Gasteiger partial charge in [-0.05, 0) is 24.0 Å². The fourth-order valence-electron chi connectivity index (χ4n) is 1.31. The molecule has 1 heterocycles. The second kappa shape index (κ2) is 4.51. The molecule has 0 aliphatic rings. The molecule has 2 unspecified atom stereocenters. The molecule has 2 N–H and O–H groups in total. The molecule has 2 nitrogen and oxygen atoms in total. The normalized spacial score (nSPS) is 15.6. The highest BCUT2D eigenvalue weighted by Crippen LogP contribution is 2.25. The topological polar surface area (TPSA) is 38.9 Å². The van der Waals surface area contributed by atoms with E-state index in [1.807, 2.05) is 6.92 Å². The van der Waals surface area contributed by atoms with Crippen molar-refractivity contribution in [3.05, 3.63) is 29.8 Å². The molecule has 0 fully saturated rings. The molecule has 0 radical (unpaired) electrons. The van der Waals surface area contributed by atoms with Gasteiger partial charge in [-0.25, -0.2) is 4.39 Å². The SMILES string of the molecule is CC(C)C(C)C(N)c1ncccc1F. The molecule has 0 saturated heterocycles. The molecule has 1 aromatic heterocycles. The predicted octanol–water partition coefficient (Wildman–Crippen LogP) is 2.51. The first-order chi connectivity index (χ1) is 6.54. The standard InChI is InChI=1S/C11H17FN2/c1-7(2)8(3)10(13)11-9(12)5-4-6-14-11/h4-8,10H,13H2,1-3H3. The summed E-state index contributed by atoms with van der Waals surface area (Å²) in [5, 5.41) is 0. The Morgan fingerprint density at radius 3 is 2.50 bits per heavy atom. The summed E-state index contributed by atoms with van der Waals surface area (Å²) in [4.78, 5) is 3.98. The first kappa shape index (κ1) is 11.1. The molecular weight excluding hydrogens is 179 g/mol. The maximum absolute atomic E-state index is 13.3. The minimum Gasteiger partial charge on any atom is -0.322 e. The quantitative estimate of drug-likeness (QED) is 0.806. The molecule has 0 saturated carbocycles. The highest BCUT2D eigenvalue weighted by Gasteiger charge is 2.21. The summed E-state index contributed by atoms with van der Waals surface area (Å²) in [6.45, 7) is 6.17. The van der Waals surface area contributed by atoms with Crippen molar-refractivity contribution in [2.24, 2.45) is 17.6 Å². The fraction of sp³-hybridized carbons (Fsp3) is 0.545. The van der Waals surface area contributed by atoms with Crippen LogP contribution in [0, 0.1) is 17.7 Å². The van der Waals surface area contributed by atoms with Crippen LogP contribution in [-0.4, -0.2) is 4.98 Å². The number of nitrogens with two attached hydrogens (primary N) is 1. The number of pyridine rings is 1. The van der Waals surface area contributed by atoms with E-state index >= 15 is 0 Å². The average molecular weight is 196 g/mol. The third kappa shape index (κ3) is 2.29. The van der Waals surface area contributed by atoms with Gasteiger partial charge in [-0.3, -0.25) is 4.98 Å². The van der Waals surface area contributed by atoms with Crippen molar-refractivity contribution in [3.63, 3.8) is 0 Å². The van der Waals surface area contributed by atoms with Crippen molar-refractivity contribution in [3.8, 4) is 0 Å². The van der Waals surface area contributed by atoms with Gasteiger partial charge in [-0.2, -0.15) is 0 Å². The van der Waals surface area contributed by atoms with Gasteiger partial charge >= 0.3 is 0 Å². The van der Waals surface area contributed by atoms with Gasteiger partial charge in [-0.1, -0.05) is 20.8 Å². The van der Waals surface area contributed by atoms with Crippen LogP contribution in [0.4, 0.5) is 4.39 Å². The summed E-state index contributed by atoms with van der Waals surface area (Å²) in [6, 6.07) is 2.65. The predicted molar refractivity (Wildman–Crippen MR) is 55.1 cm³/mol. The summed E-state index contributed by atoms with van der Waals surface area (Å²) >= 11 is 0. The Kier molecular flexibility index (Phi) is 3.58. The summed E-state index contributed by atoms with van der Waals surface area (Å²) in [7, 11) is 0. The molecule has 3 heteroatoms. The minimum absolute atomic E-state index is 0.222. The second-order valence-corrected chi connectivity index (χ2v) is 4.00. The first-order valence-corrected chi connectivity index (χ1v) is 4.90. The Hall–Kier alpha value is -0.960. The summed E-state index contributed by atoms with van der Waals surface area (Å²) in [6.07, 6.45) is 1.57. The van der Waals surface area contributed by atoms with E-state index in [1.54, 1.807) is 12.3 Å². The molecule has 1 aromatic rings. The van der Waals surface area contributed by atoms with Crippen molar-refractivity contribution < 1.29 is 4.39 Å². The van der Waals surface area contributed by atoms with Crippen LogP contribution >= 0.6 is 0 Å². The zero-order valence-electron chi connectivity index (χ0n) is 8.87. The van der Waals surface area contributed by atoms with Crippen LogP contribution in [0.25, 0.3) is 0 Å². The van der Waals surface area contributed by atoms with E-state index in [9.17, 15) is 4.39 Å². The molecule has 0 aliphatic heterocycles. The lowest BCUT2D eigenvalue weighted by Gasteiger charge is -2.22. The van der Waals surface area contributed by atoms with Crippen molar-refractivity contribution in [2.75, 3.05) is 0 Å². The molecule has 0 spiro atoms. The van der Waals surface area contributed by atoms with E-state index in [-0.39, 0.29) is 17.8 Å². The maximum atomic E-state index is 13.3. The van der Waals surface area contributed by atoms with Gasteiger partial charge in [-0.15, -0.1) is 0 Å². The lowest BCUT2D eigenvalue weighted by molar-refractivity contribution is 0.339. The van der Waals surface area contributed by atoms with E-state index in [1.165, 1.54) is 6.07 Å². The molecule has 2 atom stereocenters. The van der Waals surface area contributed by atoms with Gasteiger partial charge in [0.2, 0.25) is 0 Å². The molecule has 0 amide bonds. The van der Waals surface area contributed by atoms with Crippen LogP contribution in [0.1, 0.15) is 32.5 Å². The van der Waals surface area contributed by atoms with Gasteiger partial charge in [0.25, 0.3) is 0 Å². The van der Waals surface area contributed by atoms with Crippen molar-refractivity contribution in [1.29, 1.82) is 0 Å². The average Bonchev–Trinajstić information content (AvgIpc) is 2.16. The second-order valence-electron chi connectivity index (χ2n) is 4.00. The van der Waals surface area contributed by atoms with Gasteiger partial charge < -0.3 is 5.73 Å². The largest absolute Gasteiger partial charge is 0.322 e. The highest BCUT2D eigenvalue weighted by molar-refractivity contribution is 5.12. The molecule has 0 aliphatic carbocycles. The summed E-state index contributed by atoms with van der Waals surface area (Å²) in [5.74, 6) is 0.332. The number of hydrogen-bond donors (Lipinski definition) is 1. The van der Waals surface area contributed by atoms with Crippen LogP contribution in [-0.2, 0) is 0 Å². The van der Waals surface area contributed by atoms with Crippen LogP contribution in [0.2, 0.25) is 0 Å². The first-order valence-electron chi connectivity index (χ1n) is 4.90. The zero-order valence-corrected chi connectivity index (χ0v) is 8.87. The minimum atomic E-state index is -0.323. The Morgan fingerprint density at radius 1 is 1.36 bits per heavy atom. The molecule has 78 valence electrons. The lowest BCUT2D eigenvalue weighted by atomic mass is 9.89. The van der Waals surface area contributed by atoms with Crippen LogP contribution in [0.15, 0.2) is 18.3 Å². The lowest BCUT2D eigenvalue weighted by Crippen LogP contribution is -2.25. The zero-order chi connectivity index (χ0) is 10.7. The van der Waals surface area contributed by atoms with Gasteiger partial charge in [0.1, 0.15) is 5.82 Å². The maximum Gasteiger partial charge on any atom is 0.146 e. The summed E-state index contributed by atoms with van der Waals surface area (Å²) < 4.78 is 13.3. The molecular formula is C11H17FN2. The Balaban J connectivity index is 2.89. The number of rotatable bonds is 3. The molecule has 14 heavy (non-hydrogen) atoms. The molecule has 0 bridgehead atoms. The third-order valence-electron chi connectivity index (χ3n) is 2.72. The van der Waals surface area contributed by atoms with E-state index < -0.39 is 0 Å². The van der Waals surface area contributed by atoms with Crippen LogP contribution in [0.5, 0.6) is 0 Å². The van der Waals surface area contributed by atoms with Crippen molar-refractivity contribution in [2.45, 2.75) is 26.8 Å². The Labute approximate surface area is 84.3 Å². The molecule has 0 aromatic carbocycles. The number of hydrogen-bond acceptors (Lipinski definition) is 2. The van der Waals surface area contributed by atoms with E-state index in [2.05, 4.69) is 18.8 Å². The number of halogens is 1. The van der Waals surface area contributed by atoms with E-state index in [0.717, 1.165) is 0 Å². The van der Waals surface area contributed by atoms with Gasteiger partial charge in [0.05, 0.1) is 11.7 Å². The number of nitrogens with zero attached hydrogens (tertiary/aromatic N) is 1. The Bertz CT molecular complexity index is 299. The van der Waals surface area contributed by atoms with Gasteiger partial charge in [0.15, 0.2) is 0 Å². The Morgan fingerprint density at radius 2 is 2.00 bits per heavy atom.